The highest BCUT2D eigenvalue weighted by Gasteiger charge is 2.21. The molecule has 31 heavy (non-hydrogen) atoms. The van der Waals surface area contributed by atoms with Crippen LogP contribution in [0.2, 0.25) is 5.02 Å². The van der Waals surface area contributed by atoms with Crippen LogP contribution in [0.3, 0.4) is 0 Å². The van der Waals surface area contributed by atoms with Gasteiger partial charge in [0, 0.05) is 23.6 Å². The van der Waals surface area contributed by atoms with Crippen molar-refractivity contribution in [2.45, 2.75) is 12.8 Å². The molecule has 1 N–H and O–H groups in total. The molecule has 11 heteroatoms. The van der Waals surface area contributed by atoms with Crippen molar-refractivity contribution in [1.29, 1.82) is 0 Å². The summed E-state index contributed by atoms with van der Waals surface area (Å²) in [6.45, 7) is 0.138. The molecule has 0 fully saturated rings. The molecule has 1 aromatic heterocycles. The molecule has 2 aromatic carbocycles. The Morgan fingerprint density at radius 3 is 2.55 bits per heavy atom. The maximum atomic E-state index is 12.3. The standard InChI is InChI=1S/C20H21ClN4O4S2/c1-29-17-7-4-3-6-16(17)25(31(2,27)28)13-5-8-18(26)22-20-24-23-19(30-20)14-9-11-15(21)12-10-14/h3-4,6-7,9-12H,5,8,13H2,1-2H3,(H,22,24,26). The molecule has 8 nitrogen and oxygen atoms in total. The molecule has 1 heterocycles. The van der Waals surface area contributed by atoms with E-state index in [4.69, 9.17) is 16.3 Å². The minimum atomic E-state index is -3.55. The fourth-order valence-electron chi connectivity index (χ4n) is 2.85. The molecule has 0 radical (unpaired) electrons. The smallest absolute Gasteiger partial charge is 0.232 e. The molecule has 0 saturated carbocycles. The summed E-state index contributed by atoms with van der Waals surface area (Å²) in [6.07, 6.45) is 1.57. The van der Waals surface area contributed by atoms with Crippen LogP contribution in [0.15, 0.2) is 48.5 Å². The Kier molecular flexibility index (Phi) is 7.47. The van der Waals surface area contributed by atoms with Crippen molar-refractivity contribution in [3.05, 3.63) is 53.6 Å². The van der Waals surface area contributed by atoms with Gasteiger partial charge in [-0.05, 0) is 30.7 Å². The van der Waals surface area contributed by atoms with E-state index in [0.717, 1.165) is 11.8 Å². The number of anilines is 2. The van der Waals surface area contributed by atoms with Gasteiger partial charge in [-0.2, -0.15) is 0 Å². The van der Waals surface area contributed by atoms with Crippen LogP contribution in [0.5, 0.6) is 5.75 Å². The zero-order valence-corrected chi connectivity index (χ0v) is 19.3. The first-order valence-electron chi connectivity index (χ1n) is 9.28. The van der Waals surface area contributed by atoms with Gasteiger partial charge in [0.25, 0.3) is 0 Å². The minimum absolute atomic E-state index is 0.122. The van der Waals surface area contributed by atoms with Gasteiger partial charge in [0.15, 0.2) is 0 Å². The monoisotopic (exact) mass is 480 g/mol. The lowest BCUT2D eigenvalue weighted by molar-refractivity contribution is -0.116. The number of hydrogen-bond acceptors (Lipinski definition) is 7. The SMILES string of the molecule is COc1ccccc1N(CCCC(=O)Nc1nnc(-c2ccc(Cl)cc2)s1)S(C)(=O)=O. The second-order valence-corrected chi connectivity index (χ2v) is 9.90. The van der Waals surface area contributed by atoms with Crippen LogP contribution in [0.1, 0.15) is 12.8 Å². The number of amides is 1. The van der Waals surface area contributed by atoms with Crippen molar-refractivity contribution < 1.29 is 17.9 Å². The number of para-hydroxylation sites is 2. The van der Waals surface area contributed by atoms with E-state index in [1.807, 2.05) is 12.1 Å². The highest BCUT2D eigenvalue weighted by Crippen LogP contribution is 2.30. The van der Waals surface area contributed by atoms with Gasteiger partial charge in [0.1, 0.15) is 10.8 Å². The van der Waals surface area contributed by atoms with Gasteiger partial charge in [-0.1, -0.05) is 47.2 Å². The van der Waals surface area contributed by atoms with Crippen LogP contribution in [0.25, 0.3) is 10.6 Å². The van der Waals surface area contributed by atoms with Crippen LogP contribution >= 0.6 is 22.9 Å². The second-order valence-electron chi connectivity index (χ2n) is 6.58. The number of carbonyl (C=O) groups is 1. The fraction of sp³-hybridized carbons (Fsp3) is 0.250. The summed E-state index contributed by atoms with van der Waals surface area (Å²) in [7, 11) is -2.07. The molecule has 1 amide bonds. The fourth-order valence-corrected chi connectivity index (χ4v) is 4.71. The molecule has 0 aliphatic heterocycles. The Bertz CT molecular complexity index is 1150. The summed E-state index contributed by atoms with van der Waals surface area (Å²) in [5.41, 5.74) is 1.28. The van der Waals surface area contributed by atoms with E-state index >= 15 is 0 Å². The average Bonchev–Trinajstić information content (AvgIpc) is 3.19. The first kappa shape index (κ1) is 23.0. The Balaban J connectivity index is 1.59. The molecule has 164 valence electrons. The van der Waals surface area contributed by atoms with Crippen LogP contribution in [0.4, 0.5) is 10.8 Å². The number of aromatic nitrogens is 2. The molecule has 3 aromatic rings. The maximum Gasteiger partial charge on any atom is 0.232 e. The van der Waals surface area contributed by atoms with E-state index in [1.54, 1.807) is 36.4 Å². The third-order valence-electron chi connectivity index (χ3n) is 4.28. The van der Waals surface area contributed by atoms with Crippen molar-refractivity contribution in [1.82, 2.24) is 10.2 Å². The number of benzene rings is 2. The molecule has 0 unspecified atom stereocenters. The lowest BCUT2D eigenvalue weighted by Crippen LogP contribution is -2.31. The van der Waals surface area contributed by atoms with Crippen LogP contribution in [-0.2, 0) is 14.8 Å². The van der Waals surface area contributed by atoms with Gasteiger partial charge < -0.3 is 10.1 Å². The molecule has 0 saturated heterocycles. The van der Waals surface area contributed by atoms with Crippen molar-refractivity contribution in [2.24, 2.45) is 0 Å². The van der Waals surface area contributed by atoms with E-state index in [2.05, 4.69) is 15.5 Å². The van der Waals surface area contributed by atoms with Crippen molar-refractivity contribution in [3.63, 3.8) is 0 Å². The zero-order chi connectivity index (χ0) is 22.4. The quantitative estimate of drug-likeness (QED) is 0.495. The van der Waals surface area contributed by atoms with E-state index in [0.29, 0.717) is 33.0 Å². The Labute approximate surface area is 189 Å². The maximum absolute atomic E-state index is 12.3. The molecule has 0 aliphatic carbocycles. The van der Waals surface area contributed by atoms with E-state index < -0.39 is 10.0 Å². The third kappa shape index (κ3) is 6.16. The van der Waals surface area contributed by atoms with Crippen LogP contribution in [0, 0.1) is 0 Å². The van der Waals surface area contributed by atoms with Gasteiger partial charge in [0.05, 0.1) is 19.1 Å². The molecule has 0 spiro atoms. The third-order valence-corrected chi connectivity index (χ3v) is 6.60. The summed E-state index contributed by atoms with van der Waals surface area (Å²) in [4.78, 5) is 12.3. The normalized spacial score (nSPS) is 11.2. The lowest BCUT2D eigenvalue weighted by atomic mass is 10.2. The van der Waals surface area contributed by atoms with Crippen LogP contribution < -0.4 is 14.4 Å². The summed E-state index contributed by atoms with van der Waals surface area (Å²) in [5, 5.41) is 12.4. The number of methoxy groups -OCH3 is 1. The number of nitrogens with one attached hydrogen (secondary N) is 1. The number of ether oxygens (including phenoxy) is 1. The molecule has 0 bridgehead atoms. The number of nitrogens with zero attached hydrogens (tertiary/aromatic N) is 3. The molecule has 0 atom stereocenters. The van der Waals surface area contributed by atoms with Gasteiger partial charge in [-0.25, -0.2) is 8.42 Å². The number of sulfonamides is 1. The summed E-state index contributed by atoms with van der Waals surface area (Å²) >= 11 is 7.14. The highest BCUT2D eigenvalue weighted by atomic mass is 35.5. The lowest BCUT2D eigenvalue weighted by Gasteiger charge is -2.24. The van der Waals surface area contributed by atoms with Crippen molar-refractivity contribution >= 4 is 49.7 Å². The first-order valence-corrected chi connectivity index (χ1v) is 12.3. The Morgan fingerprint density at radius 2 is 1.87 bits per heavy atom. The topological polar surface area (TPSA) is 101 Å². The second kappa shape index (κ2) is 10.1. The predicted octanol–water partition coefficient (Wildman–Crippen LogP) is 4.05. The summed E-state index contributed by atoms with van der Waals surface area (Å²) in [6, 6.07) is 14.0. The first-order chi connectivity index (χ1) is 14.8. The van der Waals surface area contributed by atoms with Crippen molar-refractivity contribution in [3.8, 4) is 16.3 Å². The average molecular weight is 481 g/mol. The highest BCUT2D eigenvalue weighted by molar-refractivity contribution is 7.92. The van der Waals surface area contributed by atoms with E-state index in [-0.39, 0.29) is 18.9 Å². The van der Waals surface area contributed by atoms with E-state index in [1.165, 1.54) is 22.8 Å². The molecule has 0 aliphatic rings. The predicted molar refractivity (Wildman–Crippen MR) is 123 cm³/mol. The van der Waals surface area contributed by atoms with Gasteiger partial charge in [0.2, 0.25) is 21.1 Å². The summed E-state index contributed by atoms with van der Waals surface area (Å²) < 4.78 is 31.0. The van der Waals surface area contributed by atoms with Gasteiger partial charge in [-0.15, -0.1) is 10.2 Å². The van der Waals surface area contributed by atoms with Gasteiger partial charge >= 0.3 is 0 Å². The number of rotatable bonds is 9. The molecule has 3 rings (SSSR count). The van der Waals surface area contributed by atoms with Crippen molar-refractivity contribution in [2.75, 3.05) is 29.5 Å². The van der Waals surface area contributed by atoms with Gasteiger partial charge in [-0.3, -0.25) is 9.10 Å². The van der Waals surface area contributed by atoms with Crippen LogP contribution in [-0.4, -0.2) is 44.4 Å². The largest absolute Gasteiger partial charge is 0.495 e. The number of hydrogen-bond donors (Lipinski definition) is 1. The Hall–Kier alpha value is -2.69. The zero-order valence-electron chi connectivity index (χ0n) is 16.9. The molecular weight excluding hydrogens is 460 g/mol. The number of carbonyl (C=O) groups excluding carboxylic acids is 1. The Morgan fingerprint density at radius 1 is 1.16 bits per heavy atom. The van der Waals surface area contributed by atoms with E-state index in [9.17, 15) is 13.2 Å². The number of halogens is 1. The molecular formula is C20H21ClN4O4S2. The summed E-state index contributed by atoms with van der Waals surface area (Å²) in [5.74, 6) is 0.174. The minimum Gasteiger partial charge on any atom is -0.495 e.